The number of allylic oxidation sites excluding steroid dienone is 6. The van der Waals surface area contributed by atoms with Gasteiger partial charge in [0, 0.05) is 99.5 Å². The lowest BCUT2D eigenvalue weighted by Crippen LogP contribution is -2.55. The summed E-state index contributed by atoms with van der Waals surface area (Å²) in [6.07, 6.45) is 3.73. The summed E-state index contributed by atoms with van der Waals surface area (Å²) in [5.74, 6) is -6.28. The van der Waals surface area contributed by atoms with Crippen LogP contribution in [-0.4, -0.2) is 123 Å². The third-order valence-electron chi connectivity index (χ3n) is 20.5. The van der Waals surface area contributed by atoms with Crippen molar-refractivity contribution in [1.82, 2.24) is 10.6 Å². The molecule has 0 saturated carbocycles. The van der Waals surface area contributed by atoms with Crippen molar-refractivity contribution < 1.29 is 71.5 Å². The van der Waals surface area contributed by atoms with Gasteiger partial charge in [-0.3, -0.25) is 53.3 Å². The molecule has 0 aromatic heterocycles. The van der Waals surface area contributed by atoms with Crippen LogP contribution in [0.5, 0.6) is 0 Å². The molecule has 6 aliphatic heterocycles. The first kappa shape index (κ1) is 73.4. The number of aliphatic imine (C=N–C) groups is 3. The molecule has 7 rings (SSSR count). The Bertz CT molecular complexity index is 3170. The van der Waals surface area contributed by atoms with Crippen LogP contribution in [0.25, 0.3) is 0 Å². The summed E-state index contributed by atoms with van der Waals surface area (Å²) in [5, 5.41) is 7.37. The lowest BCUT2D eigenvalue weighted by atomic mass is 9.55. The summed E-state index contributed by atoms with van der Waals surface area (Å²) >= 11 is 0. The molecule has 1 amide bonds. The third-order valence-corrected chi connectivity index (χ3v) is 20.5. The van der Waals surface area contributed by atoms with Crippen LogP contribution < -0.4 is 10.6 Å². The Balaban J connectivity index is 1.70. The maximum absolute atomic E-state index is 15.4. The van der Waals surface area contributed by atoms with Gasteiger partial charge in [-0.05, 0) is 114 Å². The summed E-state index contributed by atoms with van der Waals surface area (Å²) in [6, 6.07) is 6.33. The molecule has 20 heteroatoms. The Morgan fingerprint density at radius 3 is 1.67 bits per heavy atom. The molecule has 0 unspecified atom stereocenters. The lowest BCUT2D eigenvalue weighted by molar-refractivity contribution is -0.150. The summed E-state index contributed by atoms with van der Waals surface area (Å²) in [6.45, 7) is 28.7. The van der Waals surface area contributed by atoms with Crippen LogP contribution in [-0.2, 0) is 84.4 Å². The molecule has 11 bridgehead atoms. The van der Waals surface area contributed by atoms with Gasteiger partial charge >= 0.3 is 41.8 Å². The van der Waals surface area contributed by atoms with Crippen molar-refractivity contribution in [3.63, 3.8) is 0 Å². The highest BCUT2D eigenvalue weighted by molar-refractivity contribution is 6.12. The van der Waals surface area contributed by atoms with Gasteiger partial charge in [0.05, 0.1) is 94.9 Å². The van der Waals surface area contributed by atoms with Gasteiger partial charge < -0.3 is 43.8 Å². The number of fused-ring (bicyclic) bond motifs is 10. The SMILES string of the molecule is CCCOC(=O)CC[C@@H]1C2=C(C)C3=N[C@H]([C@H](CC(=O)OCCC)[C@@]3(C)CCC(=O)OCCC)[C@]3(C)N=C(C(C)=C4N/C5=C(/NC(=O)Cc6cccc(c6)CC(=O)OCC[C@@]4(C)[C@@H]5CCC(=O)OCCC)C(=N2)C1(C)C)[C@@H](CCC(=O)OCCC)[C@]3(C)CC(=O)OCCC. The van der Waals surface area contributed by atoms with Crippen molar-refractivity contribution in [2.75, 3.05) is 46.2 Å². The first-order chi connectivity index (χ1) is 44.2. The predicted molar refractivity (Wildman–Crippen MR) is 353 cm³/mol. The second-order valence-corrected chi connectivity index (χ2v) is 27.7. The second kappa shape index (κ2) is 32.0. The van der Waals surface area contributed by atoms with E-state index in [2.05, 4.69) is 17.6 Å². The Morgan fingerprint density at radius 2 is 1.11 bits per heavy atom. The molecule has 1 aromatic rings. The largest absolute Gasteiger partial charge is 0.466 e. The van der Waals surface area contributed by atoms with Gasteiger partial charge in [0.2, 0.25) is 5.91 Å². The number of amides is 1. The topological polar surface area (TPSA) is 262 Å². The van der Waals surface area contributed by atoms with Crippen LogP contribution >= 0.6 is 0 Å². The van der Waals surface area contributed by atoms with Crippen LogP contribution in [0.15, 0.2) is 73.2 Å². The molecular weight excluding hydrogens is 1190 g/mol. The van der Waals surface area contributed by atoms with E-state index in [1.807, 2.05) is 114 Å². The minimum absolute atomic E-state index is 0.00283. The van der Waals surface area contributed by atoms with E-state index in [9.17, 15) is 33.6 Å². The van der Waals surface area contributed by atoms with Crippen molar-refractivity contribution in [2.45, 2.75) is 231 Å². The molecule has 2 N–H and O–H groups in total. The number of cyclic esters (lactones) is 1. The highest BCUT2D eigenvalue weighted by Gasteiger charge is 2.67. The maximum atomic E-state index is 15.4. The number of nitrogens with zero attached hydrogens (tertiary/aromatic N) is 3. The zero-order valence-corrected chi connectivity index (χ0v) is 58.0. The quantitative estimate of drug-likeness (QED) is 0.0583. The van der Waals surface area contributed by atoms with E-state index in [1.54, 1.807) is 0 Å². The van der Waals surface area contributed by atoms with Gasteiger partial charge in [-0.25, -0.2) is 0 Å². The molecule has 20 nitrogen and oxygen atoms in total. The first-order valence-electron chi connectivity index (χ1n) is 34.4. The molecule has 6 heterocycles. The fourth-order valence-corrected chi connectivity index (χ4v) is 15.3. The van der Waals surface area contributed by atoms with Crippen molar-refractivity contribution in [1.29, 1.82) is 0 Å². The summed E-state index contributed by atoms with van der Waals surface area (Å²) in [7, 11) is 0. The molecule has 0 aliphatic carbocycles. The van der Waals surface area contributed by atoms with Crippen molar-refractivity contribution in [2.24, 2.45) is 60.3 Å². The van der Waals surface area contributed by atoms with E-state index in [0.29, 0.717) is 101 Å². The highest BCUT2D eigenvalue weighted by Crippen LogP contribution is 2.63. The first-order valence-corrected chi connectivity index (χ1v) is 34.4. The van der Waals surface area contributed by atoms with Gasteiger partial charge in [-0.2, -0.15) is 0 Å². The van der Waals surface area contributed by atoms with Gasteiger partial charge in [0.25, 0.3) is 0 Å². The molecule has 0 radical (unpaired) electrons. The Morgan fingerprint density at radius 1 is 0.602 bits per heavy atom. The lowest BCUT2D eigenvalue weighted by Gasteiger charge is -2.48. The van der Waals surface area contributed by atoms with Crippen molar-refractivity contribution >= 4 is 64.8 Å². The van der Waals surface area contributed by atoms with Crippen LogP contribution in [0.4, 0.5) is 0 Å². The number of nitrogens with one attached hydrogen (secondary N) is 2. The standard InChI is InChI=1S/C73H105N5O15/c1-15-33-87-54(80)27-24-49-61-45(7)66-70(11,31-30-57(83)90-36-18-4)52(43-59(85)91-37-19-5)67(77-66)73(14)72(13,44-60(86)92-38-20-6)51(26-29-56(82)89-35-17-3)62(78-73)46(8)65-71(12)32-39-93-58(84)42-48-23-21-22-47(40-48)41-53(79)74-64(68(75-61)69(49,9)10)63(76-65)50(71)25-28-55(81)88-34-16-2/h21-23,40,49-52,67,76H,15-20,24-39,41-44H2,1-14H3,(H,74,79)/b61-45?,64-63+,65-46?/t49-,50-,51-,52+,67-,70-,71+,72+,73+/m1/s1. The molecule has 9 atom stereocenters. The normalized spacial score (nSPS) is 28.1. The smallest absolute Gasteiger partial charge is 0.310 e. The third kappa shape index (κ3) is 16.2. The van der Waals surface area contributed by atoms with Gasteiger partial charge in [-0.1, -0.05) is 100 Å². The van der Waals surface area contributed by atoms with E-state index < -0.39 is 105 Å². The molecule has 1 saturated heterocycles. The second-order valence-electron chi connectivity index (χ2n) is 27.7. The maximum Gasteiger partial charge on any atom is 0.310 e. The molecule has 6 aliphatic rings. The fraction of sp³-hybridized carbons (Fsp3) is 0.685. The van der Waals surface area contributed by atoms with E-state index in [1.165, 1.54) is 0 Å². The number of carbonyl (C=O) groups is 8. The average Bonchev–Trinajstić information content (AvgIpc) is 1.53. The van der Waals surface area contributed by atoms with E-state index in [0.717, 1.165) is 0 Å². The molecule has 1 fully saturated rings. The number of hydrogen-bond donors (Lipinski definition) is 2. The highest BCUT2D eigenvalue weighted by atomic mass is 16.6. The molecule has 93 heavy (non-hydrogen) atoms. The van der Waals surface area contributed by atoms with E-state index in [-0.39, 0.29) is 130 Å². The fourth-order valence-electron chi connectivity index (χ4n) is 15.3. The zero-order valence-electron chi connectivity index (χ0n) is 58.0. The number of hydrogen-bond acceptors (Lipinski definition) is 19. The monoisotopic (exact) mass is 1290 g/mol. The van der Waals surface area contributed by atoms with Crippen LogP contribution in [0.1, 0.15) is 217 Å². The molecule has 0 spiro atoms. The molecule has 512 valence electrons. The van der Waals surface area contributed by atoms with Gasteiger partial charge in [-0.15, -0.1) is 0 Å². The Kier molecular flexibility index (Phi) is 25.2. The average molecular weight is 1290 g/mol. The van der Waals surface area contributed by atoms with Crippen molar-refractivity contribution in [3.8, 4) is 0 Å². The van der Waals surface area contributed by atoms with E-state index >= 15 is 4.79 Å². The zero-order chi connectivity index (χ0) is 68.1. The summed E-state index contributed by atoms with van der Waals surface area (Å²) in [4.78, 5) is 133. The van der Waals surface area contributed by atoms with Crippen LogP contribution in [0.3, 0.4) is 0 Å². The summed E-state index contributed by atoms with van der Waals surface area (Å²) in [5.41, 5.74) is 0.206. The number of rotatable bonds is 28. The van der Waals surface area contributed by atoms with Crippen LogP contribution in [0.2, 0.25) is 0 Å². The number of benzene rings is 1. The minimum Gasteiger partial charge on any atom is -0.466 e. The molecule has 1 aromatic carbocycles. The number of ether oxygens (including phenoxy) is 7. The Hall–Kier alpha value is -6.99. The summed E-state index contributed by atoms with van der Waals surface area (Å²) < 4.78 is 41.3. The van der Waals surface area contributed by atoms with Gasteiger partial charge in [0.15, 0.2) is 0 Å². The Labute approximate surface area is 551 Å². The van der Waals surface area contributed by atoms with Crippen LogP contribution in [0, 0.1) is 45.3 Å². The minimum atomic E-state index is -1.44. The number of carbonyl (C=O) groups excluding carboxylic acids is 8. The molecular formula is C73H105N5O15. The van der Waals surface area contributed by atoms with E-state index in [4.69, 9.17) is 48.1 Å². The van der Waals surface area contributed by atoms with Gasteiger partial charge in [0.1, 0.15) is 0 Å². The predicted octanol–water partition coefficient (Wildman–Crippen LogP) is 11.8. The number of esters is 7. The van der Waals surface area contributed by atoms with Crippen molar-refractivity contribution in [3.05, 3.63) is 69.3 Å².